The van der Waals surface area contributed by atoms with Crippen molar-refractivity contribution in [1.29, 1.82) is 0 Å². The summed E-state index contributed by atoms with van der Waals surface area (Å²) in [5.41, 5.74) is 1.41. The normalized spacial score (nSPS) is 28.6. The molecule has 1 aliphatic rings. The van der Waals surface area contributed by atoms with Gasteiger partial charge in [-0.3, -0.25) is 4.99 Å². The van der Waals surface area contributed by atoms with E-state index in [1.807, 2.05) is 30.6 Å². The monoisotopic (exact) mass is 147 g/mol. The Kier molecular flexibility index (Phi) is 3.39. The van der Waals surface area contributed by atoms with Crippen LogP contribution >= 0.6 is 0 Å². The number of rotatable bonds is 0. The van der Waals surface area contributed by atoms with E-state index in [0.29, 0.717) is 0 Å². The van der Waals surface area contributed by atoms with Crippen molar-refractivity contribution in [3.05, 3.63) is 36.1 Å². The maximum Gasteiger partial charge on any atom is 0.0263 e. The molecule has 1 heteroatoms. The SMILES string of the molecule is C\C1=C/C=C\C=C\N=CCC1. The summed E-state index contributed by atoms with van der Waals surface area (Å²) < 4.78 is 0. The smallest absolute Gasteiger partial charge is 0.0263 e. The number of aliphatic imine (C=N–C) groups is 1. The predicted octanol–water partition coefficient (Wildman–Crippen LogP) is 2.87. The molecule has 0 aromatic rings. The highest BCUT2D eigenvalue weighted by Gasteiger charge is 1.85. The minimum atomic E-state index is 1.04. The third-order valence-electron chi connectivity index (χ3n) is 1.55. The first-order valence-electron chi connectivity index (χ1n) is 3.90. The molecule has 0 aliphatic carbocycles. The molecule has 1 rings (SSSR count). The van der Waals surface area contributed by atoms with E-state index in [9.17, 15) is 0 Å². The molecular weight excluding hydrogens is 134 g/mol. The number of allylic oxidation sites excluding steroid dienone is 5. The highest BCUT2D eigenvalue weighted by Crippen LogP contribution is 2.03. The molecule has 0 spiro atoms. The van der Waals surface area contributed by atoms with Gasteiger partial charge in [0.1, 0.15) is 0 Å². The number of hydrogen-bond acceptors (Lipinski definition) is 1. The summed E-state index contributed by atoms with van der Waals surface area (Å²) in [5.74, 6) is 0. The van der Waals surface area contributed by atoms with Crippen LogP contribution in [0.3, 0.4) is 0 Å². The van der Waals surface area contributed by atoms with Gasteiger partial charge in [-0.2, -0.15) is 0 Å². The largest absolute Gasteiger partial charge is 0.269 e. The van der Waals surface area contributed by atoms with Gasteiger partial charge in [0, 0.05) is 12.4 Å². The van der Waals surface area contributed by atoms with Crippen LogP contribution < -0.4 is 0 Å². The third-order valence-corrected chi connectivity index (χ3v) is 1.55. The van der Waals surface area contributed by atoms with Gasteiger partial charge in [-0.15, -0.1) is 0 Å². The molecular formula is C10H13N. The highest BCUT2D eigenvalue weighted by molar-refractivity contribution is 5.58. The molecule has 0 bridgehead atoms. The predicted molar refractivity (Wildman–Crippen MR) is 49.8 cm³/mol. The average molecular weight is 147 g/mol. The van der Waals surface area contributed by atoms with Crippen LogP contribution in [0.25, 0.3) is 0 Å². The molecule has 58 valence electrons. The molecule has 0 saturated heterocycles. The summed E-state index contributed by atoms with van der Waals surface area (Å²) in [6.45, 7) is 2.14. The van der Waals surface area contributed by atoms with Crippen molar-refractivity contribution in [2.75, 3.05) is 0 Å². The lowest BCUT2D eigenvalue weighted by molar-refractivity contribution is 1.02. The van der Waals surface area contributed by atoms with Crippen LogP contribution in [0.2, 0.25) is 0 Å². The number of hydrogen-bond donors (Lipinski definition) is 0. The summed E-state index contributed by atoms with van der Waals surface area (Å²) in [6.07, 6.45) is 14.0. The maximum atomic E-state index is 4.08. The van der Waals surface area contributed by atoms with Gasteiger partial charge in [-0.05, 0) is 25.8 Å². The van der Waals surface area contributed by atoms with Gasteiger partial charge in [-0.1, -0.05) is 23.8 Å². The fraction of sp³-hybridized carbons (Fsp3) is 0.300. The van der Waals surface area contributed by atoms with Crippen molar-refractivity contribution < 1.29 is 0 Å². The summed E-state index contributed by atoms with van der Waals surface area (Å²) in [6, 6.07) is 0. The second kappa shape index (κ2) is 4.67. The molecule has 11 heavy (non-hydrogen) atoms. The first-order valence-corrected chi connectivity index (χ1v) is 3.90. The highest BCUT2D eigenvalue weighted by atomic mass is 14.7. The van der Waals surface area contributed by atoms with Gasteiger partial charge in [0.2, 0.25) is 0 Å². The van der Waals surface area contributed by atoms with Crippen molar-refractivity contribution in [3.8, 4) is 0 Å². The Hall–Kier alpha value is -1.11. The van der Waals surface area contributed by atoms with Gasteiger partial charge >= 0.3 is 0 Å². The zero-order chi connectivity index (χ0) is 7.94. The molecule has 0 saturated carbocycles. The van der Waals surface area contributed by atoms with Crippen LogP contribution in [-0.2, 0) is 0 Å². The molecule has 0 radical (unpaired) electrons. The average Bonchev–Trinajstić information content (AvgIpc) is 2.03. The molecule has 1 heterocycles. The van der Waals surface area contributed by atoms with Crippen LogP contribution in [0.1, 0.15) is 19.8 Å². The van der Waals surface area contributed by atoms with Crippen LogP contribution in [0.4, 0.5) is 0 Å². The van der Waals surface area contributed by atoms with Crippen molar-refractivity contribution in [1.82, 2.24) is 0 Å². The van der Waals surface area contributed by atoms with Crippen molar-refractivity contribution >= 4 is 6.21 Å². The Labute approximate surface area is 67.8 Å². The lowest BCUT2D eigenvalue weighted by atomic mass is 10.1. The van der Waals surface area contributed by atoms with E-state index in [1.165, 1.54) is 5.57 Å². The second-order valence-corrected chi connectivity index (χ2v) is 2.61. The summed E-state index contributed by atoms with van der Waals surface area (Å²) in [4.78, 5) is 4.08. The van der Waals surface area contributed by atoms with Gasteiger partial charge in [-0.25, -0.2) is 0 Å². The van der Waals surface area contributed by atoms with Crippen molar-refractivity contribution in [3.63, 3.8) is 0 Å². The van der Waals surface area contributed by atoms with Crippen molar-refractivity contribution in [2.45, 2.75) is 19.8 Å². The summed E-state index contributed by atoms with van der Waals surface area (Å²) >= 11 is 0. The fourth-order valence-electron chi connectivity index (χ4n) is 0.894. The Morgan fingerprint density at radius 2 is 2.18 bits per heavy atom. The van der Waals surface area contributed by atoms with Crippen LogP contribution in [-0.4, -0.2) is 6.21 Å². The lowest BCUT2D eigenvalue weighted by Crippen LogP contribution is -1.79. The van der Waals surface area contributed by atoms with E-state index in [2.05, 4.69) is 18.0 Å². The zero-order valence-corrected chi connectivity index (χ0v) is 6.83. The van der Waals surface area contributed by atoms with Gasteiger partial charge in [0.15, 0.2) is 0 Å². The Balaban J connectivity index is 2.64. The quantitative estimate of drug-likeness (QED) is 0.499. The molecule has 0 atom stereocenters. The second-order valence-electron chi connectivity index (χ2n) is 2.61. The van der Waals surface area contributed by atoms with E-state index in [4.69, 9.17) is 0 Å². The van der Waals surface area contributed by atoms with Crippen LogP contribution in [0, 0.1) is 0 Å². The van der Waals surface area contributed by atoms with E-state index in [0.717, 1.165) is 12.8 Å². The van der Waals surface area contributed by atoms with Gasteiger partial charge < -0.3 is 0 Å². The molecule has 1 aliphatic heterocycles. The van der Waals surface area contributed by atoms with Crippen molar-refractivity contribution in [2.24, 2.45) is 4.99 Å². The van der Waals surface area contributed by atoms with E-state index >= 15 is 0 Å². The summed E-state index contributed by atoms with van der Waals surface area (Å²) in [5, 5.41) is 0. The van der Waals surface area contributed by atoms with Crippen LogP contribution in [0.5, 0.6) is 0 Å². The minimum Gasteiger partial charge on any atom is -0.269 e. The third kappa shape index (κ3) is 3.56. The minimum absolute atomic E-state index is 1.04. The molecule has 0 unspecified atom stereocenters. The van der Waals surface area contributed by atoms with E-state index in [1.54, 1.807) is 0 Å². The van der Waals surface area contributed by atoms with Gasteiger partial charge in [0.05, 0.1) is 0 Å². The van der Waals surface area contributed by atoms with Crippen LogP contribution in [0.15, 0.2) is 41.1 Å². The first kappa shape index (κ1) is 7.99. The molecule has 1 nitrogen and oxygen atoms in total. The molecule has 0 aromatic heterocycles. The Bertz CT molecular complexity index is 219. The summed E-state index contributed by atoms with van der Waals surface area (Å²) in [7, 11) is 0. The van der Waals surface area contributed by atoms with Gasteiger partial charge in [0.25, 0.3) is 0 Å². The molecule has 0 amide bonds. The number of nitrogens with zero attached hydrogens (tertiary/aromatic N) is 1. The molecule has 0 fully saturated rings. The fourth-order valence-corrected chi connectivity index (χ4v) is 0.894. The first-order chi connectivity index (χ1) is 5.39. The topological polar surface area (TPSA) is 12.4 Å². The van der Waals surface area contributed by atoms with E-state index < -0.39 is 0 Å². The molecule has 0 aromatic carbocycles. The standard InChI is InChI=1S/C10H13N/c1-10-6-3-2-4-8-11-9-5-7-10/h2-4,6,8-9H,5,7H2,1H3/b3-2-,8-4+,10-6+,11-9?. The Morgan fingerprint density at radius 1 is 1.27 bits per heavy atom. The maximum absolute atomic E-state index is 4.08. The zero-order valence-electron chi connectivity index (χ0n) is 6.83. The Morgan fingerprint density at radius 3 is 3.09 bits per heavy atom. The lowest BCUT2D eigenvalue weighted by Gasteiger charge is -1.94. The van der Waals surface area contributed by atoms with E-state index in [-0.39, 0.29) is 0 Å². The molecule has 0 N–H and O–H groups in total.